The lowest BCUT2D eigenvalue weighted by Gasteiger charge is -2.20. The molecular weight excluding hydrogens is 306 g/mol. The summed E-state index contributed by atoms with van der Waals surface area (Å²) >= 11 is 0. The van der Waals surface area contributed by atoms with Crippen LogP contribution in [0.2, 0.25) is 0 Å². The van der Waals surface area contributed by atoms with Gasteiger partial charge in [-0.2, -0.15) is 0 Å². The molecule has 1 unspecified atom stereocenters. The molecule has 1 aliphatic rings. The highest BCUT2D eigenvalue weighted by Crippen LogP contribution is 2.32. The van der Waals surface area contributed by atoms with E-state index < -0.39 is 18.1 Å². The molecule has 1 saturated heterocycles. The summed E-state index contributed by atoms with van der Waals surface area (Å²) in [6.45, 7) is 0.493. The number of benzene rings is 2. The quantitative estimate of drug-likeness (QED) is 0.937. The molecule has 0 aliphatic carbocycles. The number of rotatable bonds is 4. The molecule has 1 aliphatic heterocycles. The van der Waals surface area contributed by atoms with Gasteiger partial charge >= 0.3 is 12.1 Å². The van der Waals surface area contributed by atoms with Crippen molar-refractivity contribution in [3.8, 4) is 0 Å². The van der Waals surface area contributed by atoms with E-state index in [0.29, 0.717) is 13.0 Å². The van der Waals surface area contributed by atoms with Crippen LogP contribution >= 0.6 is 0 Å². The molecule has 1 fully saturated rings. The number of hydrogen-bond donors (Lipinski definition) is 1. The van der Waals surface area contributed by atoms with Gasteiger partial charge in [0, 0.05) is 12.5 Å². The molecule has 1 heterocycles. The van der Waals surface area contributed by atoms with Crippen LogP contribution in [0.15, 0.2) is 60.7 Å². The monoisotopic (exact) mass is 325 g/mol. The van der Waals surface area contributed by atoms with Crippen molar-refractivity contribution in [3.05, 3.63) is 71.8 Å². The van der Waals surface area contributed by atoms with Gasteiger partial charge in [0.1, 0.15) is 12.6 Å². The van der Waals surface area contributed by atoms with Crippen LogP contribution in [0.4, 0.5) is 4.79 Å². The Bertz CT molecular complexity index is 702. The minimum atomic E-state index is -0.995. The number of carbonyl (C=O) groups excluding carboxylic acids is 1. The lowest BCUT2D eigenvalue weighted by atomic mass is 9.96. The minimum Gasteiger partial charge on any atom is -0.480 e. The highest BCUT2D eigenvalue weighted by molar-refractivity contribution is 5.81. The number of carbonyl (C=O) groups is 2. The third kappa shape index (κ3) is 3.56. The zero-order valence-corrected chi connectivity index (χ0v) is 13.2. The predicted octanol–water partition coefficient (Wildman–Crippen LogP) is 3.27. The van der Waals surface area contributed by atoms with E-state index in [1.165, 1.54) is 4.90 Å². The van der Waals surface area contributed by atoms with Crippen molar-refractivity contribution >= 4 is 12.1 Å². The average Bonchev–Trinajstić information content (AvgIpc) is 3.07. The summed E-state index contributed by atoms with van der Waals surface area (Å²) in [5, 5.41) is 9.43. The van der Waals surface area contributed by atoms with Gasteiger partial charge in [-0.1, -0.05) is 60.7 Å². The average molecular weight is 325 g/mol. The number of aliphatic carboxylic acids is 1. The summed E-state index contributed by atoms with van der Waals surface area (Å²) in [6.07, 6.45) is -0.176. The van der Waals surface area contributed by atoms with Gasteiger partial charge in [0.25, 0.3) is 0 Å². The Labute approximate surface area is 140 Å². The summed E-state index contributed by atoms with van der Waals surface area (Å²) in [5.41, 5.74) is 1.92. The van der Waals surface area contributed by atoms with E-state index in [4.69, 9.17) is 4.74 Å². The number of likely N-dealkylation sites (tertiary alicyclic amines) is 1. The van der Waals surface area contributed by atoms with E-state index in [2.05, 4.69) is 0 Å². The van der Waals surface area contributed by atoms with E-state index >= 15 is 0 Å². The zero-order chi connectivity index (χ0) is 16.9. The van der Waals surface area contributed by atoms with Crippen LogP contribution in [-0.2, 0) is 16.1 Å². The van der Waals surface area contributed by atoms with Crippen LogP contribution in [0.3, 0.4) is 0 Å². The van der Waals surface area contributed by atoms with Crippen LogP contribution in [0.5, 0.6) is 0 Å². The highest BCUT2D eigenvalue weighted by atomic mass is 16.6. The van der Waals surface area contributed by atoms with Gasteiger partial charge < -0.3 is 9.84 Å². The van der Waals surface area contributed by atoms with Crippen LogP contribution in [-0.4, -0.2) is 34.7 Å². The van der Waals surface area contributed by atoms with Gasteiger partial charge in [0.05, 0.1) is 0 Å². The van der Waals surface area contributed by atoms with E-state index in [9.17, 15) is 14.7 Å². The van der Waals surface area contributed by atoms with Crippen molar-refractivity contribution in [2.24, 2.45) is 0 Å². The van der Waals surface area contributed by atoms with Crippen LogP contribution in [0.25, 0.3) is 0 Å². The van der Waals surface area contributed by atoms with Gasteiger partial charge in [0.15, 0.2) is 0 Å². The molecule has 124 valence electrons. The first kappa shape index (κ1) is 16.1. The van der Waals surface area contributed by atoms with Crippen molar-refractivity contribution in [2.45, 2.75) is 25.0 Å². The molecule has 5 heteroatoms. The molecule has 3 rings (SSSR count). The molecule has 2 aromatic rings. The second kappa shape index (κ2) is 7.17. The third-order valence-electron chi connectivity index (χ3n) is 4.30. The van der Waals surface area contributed by atoms with Gasteiger partial charge in [-0.15, -0.1) is 0 Å². The maximum atomic E-state index is 12.4. The lowest BCUT2D eigenvalue weighted by Crippen LogP contribution is -2.40. The molecule has 0 radical (unpaired) electrons. The van der Waals surface area contributed by atoms with Crippen LogP contribution in [0, 0.1) is 0 Å². The first-order valence-corrected chi connectivity index (χ1v) is 7.90. The van der Waals surface area contributed by atoms with Crippen molar-refractivity contribution < 1.29 is 19.4 Å². The zero-order valence-electron chi connectivity index (χ0n) is 13.2. The van der Waals surface area contributed by atoms with Gasteiger partial charge in [-0.3, -0.25) is 4.90 Å². The first-order valence-electron chi connectivity index (χ1n) is 7.90. The standard InChI is InChI=1S/C19H19NO4/c21-18(22)17-11-16(15-9-5-2-6-10-15)12-20(17)19(23)24-13-14-7-3-1-4-8-14/h1-10,16-17H,11-13H2,(H,21,22)/t16?,17-/m0/s1. The number of nitrogens with zero attached hydrogens (tertiary/aromatic N) is 1. The molecule has 24 heavy (non-hydrogen) atoms. The molecule has 1 N–H and O–H groups in total. The Morgan fingerprint density at radius 1 is 1.04 bits per heavy atom. The van der Waals surface area contributed by atoms with Gasteiger partial charge in [0.2, 0.25) is 0 Å². The number of amides is 1. The van der Waals surface area contributed by atoms with Crippen molar-refractivity contribution in [1.29, 1.82) is 0 Å². The molecule has 0 bridgehead atoms. The Morgan fingerprint density at radius 3 is 2.29 bits per heavy atom. The Kier molecular flexibility index (Phi) is 4.79. The fourth-order valence-corrected chi connectivity index (χ4v) is 3.04. The summed E-state index contributed by atoms with van der Waals surface area (Å²) in [7, 11) is 0. The second-order valence-corrected chi connectivity index (χ2v) is 5.89. The second-order valence-electron chi connectivity index (χ2n) is 5.89. The van der Waals surface area contributed by atoms with E-state index in [1.54, 1.807) is 0 Å². The van der Waals surface area contributed by atoms with Crippen LogP contribution < -0.4 is 0 Å². The topological polar surface area (TPSA) is 66.8 Å². The minimum absolute atomic E-state index is 0.0107. The predicted molar refractivity (Wildman–Crippen MR) is 88.6 cm³/mol. The summed E-state index contributed by atoms with van der Waals surface area (Å²) < 4.78 is 5.30. The Balaban J connectivity index is 1.68. The smallest absolute Gasteiger partial charge is 0.410 e. The van der Waals surface area contributed by atoms with Crippen molar-refractivity contribution in [2.75, 3.05) is 6.54 Å². The van der Waals surface area contributed by atoms with Crippen molar-refractivity contribution in [1.82, 2.24) is 4.90 Å². The molecular formula is C19H19NO4. The maximum absolute atomic E-state index is 12.4. The van der Waals surface area contributed by atoms with Gasteiger partial charge in [-0.05, 0) is 17.5 Å². The highest BCUT2D eigenvalue weighted by Gasteiger charge is 2.41. The van der Waals surface area contributed by atoms with Gasteiger partial charge in [-0.25, -0.2) is 9.59 Å². The molecule has 0 saturated carbocycles. The Morgan fingerprint density at radius 2 is 1.67 bits per heavy atom. The molecule has 1 amide bonds. The van der Waals surface area contributed by atoms with E-state index in [-0.39, 0.29) is 12.5 Å². The number of ether oxygens (including phenoxy) is 1. The molecule has 5 nitrogen and oxygen atoms in total. The molecule has 2 atom stereocenters. The summed E-state index contributed by atoms with van der Waals surface area (Å²) in [6, 6.07) is 18.2. The normalized spacial score (nSPS) is 19.9. The number of hydrogen-bond acceptors (Lipinski definition) is 3. The van der Waals surface area contributed by atoms with E-state index in [0.717, 1.165) is 11.1 Å². The molecule has 0 spiro atoms. The Hall–Kier alpha value is -2.82. The SMILES string of the molecule is O=C(O)[C@@H]1CC(c2ccccc2)CN1C(=O)OCc1ccccc1. The third-order valence-corrected chi connectivity index (χ3v) is 4.30. The molecule has 0 aromatic heterocycles. The van der Waals surface area contributed by atoms with Crippen molar-refractivity contribution in [3.63, 3.8) is 0 Å². The summed E-state index contributed by atoms with van der Waals surface area (Å²) in [4.78, 5) is 25.2. The number of carboxylic acid groups (broad SMARTS) is 1. The largest absolute Gasteiger partial charge is 0.480 e. The molecule has 2 aromatic carbocycles. The lowest BCUT2D eigenvalue weighted by molar-refractivity contribution is -0.141. The fourth-order valence-electron chi connectivity index (χ4n) is 3.04. The number of carboxylic acids is 1. The maximum Gasteiger partial charge on any atom is 0.410 e. The first-order chi connectivity index (χ1) is 11.6. The van der Waals surface area contributed by atoms with E-state index in [1.807, 2.05) is 60.7 Å². The summed E-state index contributed by atoms with van der Waals surface area (Å²) in [5.74, 6) is -0.985. The van der Waals surface area contributed by atoms with Crippen LogP contribution in [0.1, 0.15) is 23.5 Å². The fraction of sp³-hybridized carbons (Fsp3) is 0.263.